The maximum Gasteiger partial charge on any atom is 0.337 e. The third-order valence-electron chi connectivity index (χ3n) is 2.30. The molecule has 0 aromatic rings. The van der Waals surface area contributed by atoms with Crippen LogP contribution in [0.1, 0.15) is 19.8 Å². The Morgan fingerprint density at radius 2 is 2.25 bits per heavy atom. The highest BCUT2D eigenvalue weighted by molar-refractivity contribution is 5.90. The molecule has 0 aromatic carbocycles. The lowest BCUT2D eigenvalue weighted by Gasteiger charge is -2.11. The van der Waals surface area contributed by atoms with Gasteiger partial charge in [0.25, 0.3) is 0 Å². The molecule has 1 aliphatic heterocycles. The highest BCUT2D eigenvalue weighted by Crippen LogP contribution is 2.31. The molecule has 1 atom stereocenters. The quantitative estimate of drug-likeness (QED) is 0.577. The highest BCUT2D eigenvalue weighted by Gasteiger charge is 2.31. The van der Waals surface area contributed by atoms with Gasteiger partial charge >= 0.3 is 11.9 Å². The Bertz CT molecular complexity index is 367. The van der Waals surface area contributed by atoms with Crippen LogP contribution in [0.4, 0.5) is 0 Å². The average molecular weight is 226 g/mol. The van der Waals surface area contributed by atoms with Crippen LogP contribution in [-0.4, -0.2) is 30.3 Å². The van der Waals surface area contributed by atoms with E-state index in [0.29, 0.717) is 6.42 Å². The van der Waals surface area contributed by atoms with Crippen LogP contribution in [0.2, 0.25) is 0 Å². The van der Waals surface area contributed by atoms with E-state index in [1.165, 1.54) is 7.11 Å². The van der Waals surface area contributed by atoms with Gasteiger partial charge < -0.3 is 14.6 Å². The highest BCUT2D eigenvalue weighted by atomic mass is 16.5. The van der Waals surface area contributed by atoms with E-state index in [1.807, 2.05) is 0 Å². The Morgan fingerprint density at radius 3 is 2.69 bits per heavy atom. The first-order valence-corrected chi connectivity index (χ1v) is 4.80. The first-order valence-electron chi connectivity index (χ1n) is 4.80. The van der Waals surface area contributed by atoms with Crippen LogP contribution in [0.15, 0.2) is 23.5 Å². The van der Waals surface area contributed by atoms with Crippen LogP contribution in [-0.2, 0) is 19.1 Å². The number of carbonyl (C=O) groups excluding carboxylic acids is 1. The maximum absolute atomic E-state index is 11.4. The van der Waals surface area contributed by atoms with E-state index in [0.717, 1.165) is 5.57 Å². The van der Waals surface area contributed by atoms with Gasteiger partial charge in [0.1, 0.15) is 18.3 Å². The van der Waals surface area contributed by atoms with Crippen molar-refractivity contribution in [1.82, 2.24) is 0 Å². The van der Waals surface area contributed by atoms with Crippen LogP contribution in [0.5, 0.6) is 0 Å². The van der Waals surface area contributed by atoms with Crippen molar-refractivity contribution in [3.63, 3.8) is 0 Å². The summed E-state index contributed by atoms with van der Waals surface area (Å²) >= 11 is 0. The standard InChI is InChI=1S/C11H14O5/c1-6(2)8-4-7(11(14)15-3)9(16-8)5-10(12)13/h8H,1,4-5H2,2-3H3,(H,12,13). The molecule has 1 heterocycles. The fraction of sp³-hybridized carbons (Fsp3) is 0.455. The van der Waals surface area contributed by atoms with Crippen molar-refractivity contribution in [2.24, 2.45) is 0 Å². The minimum Gasteiger partial charge on any atom is -0.489 e. The third kappa shape index (κ3) is 2.62. The Kier molecular flexibility index (Phi) is 3.71. The van der Waals surface area contributed by atoms with E-state index in [2.05, 4.69) is 11.3 Å². The molecule has 0 spiro atoms. The molecular formula is C11H14O5. The average Bonchev–Trinajstić information content (AvgIpc) is 2.59. The number of aliphatic carboxylic acids is 1. The first-order chi connectivity index (χ1) is 7.45. The summed E-state index contributed by atoms with van der Waals surface area (Å²) in [6.45, 7) is 5.49. The number of hydrogen-bond donors (Lipinski definition) is 1. The molecule has 0 bridgehead atoms. The lowest BCUT2D eigenvalue weighted by atomic mass is 10.1. The summed E-state index contributed by atoms with van der Waals surface area (Å²) in [6.07, 6.45) is -0.317. The van der Waals surface area contributed by atoms with Crippen LogP contribution < -0.4 is 0 Å². The topological polar surface area (TPSA) is 72.8 Å². The maximum atomic E-state index is 11.4. The number of rotatable bonds is 4. The van der Waals surface area contributed by atoms with Gasteiger partial charge in [-0.05, 0) is 12.5 Å². The van der Waals surface area contributed by atoms with Crippen molar-refractivity contribution >= 4 is 11.9 Å². The molecule has 1 aliphatic rings. The Hall–Kier alpha value is -1.78. The number of esters is 1. The normalized spacial score (nSPS) is 19.2. The summed E-state index contributed by atoms with van der Waals surface area (Å²) in [7, 11) is 1.25. The molecule has 0 fully saturated rings. The van der Waals surface area contributed by atoms with Crippen molar-refractivity contribution in [2.45, 2.75) is 25.9 Å². The predicted molar refractivity (Wildman–Crippen MR) is 55.6 cm³/mol. The monoisotopic (exact) mass is 226 g/mol. The van der Waals surface area contributed by atoms with Crippen molar-refractivity contribution in [3.8, 4) is 0 Å². The minimum atomic E-state index is -1.04. The van der Waals surface area contributed by atoms with E-state index in [9.17, 15) is 9.59 Å². The fourth-order valence-corrected chi connectivity index (χ4v) is 1.46. The molecule has 1 N–H and O–H groups in total. The first kappa shape index (κ1) is 12.3. The second kappa shape index (κ2) is 4.83. The van der Waals surface area contributed by atoms with E-state index in [1.54, 1.807) is 6.92 Å². The van der Waals surface area contributed by atoms with Gasteiger partial charge in [0.05, 0.1) is 12.7 Å². The summed E-state index contributed by atoms with van der Waals surface area (Å²) in [6, 6.07) is 0. The van der Waals surface area contributed by atoms with Crippen LogP contribution in [0.3, 0.4) is 0 Å². The SMILES string of the molecule is C=C(C)C1CC(C(=O)OC)=C(CC(=O)O)O1. The molecule has 16 heavy (non-hydrogen) atoms. The van der Waals surface area contributed by atoms with Gasteiger partial charge in [-0.3, -0.25) is 4.79 Å². The van der Waals surface area contributed by atoms with E-state index in [4.69, 9.17) is 9.84 Å². The number of ether oxygens (including phenoxy) is 2. The molecule has 0 aliphatic carbocycles. The lowest BCUT2D eigenvalue weighted by Crippen LogP contribution is -2.09. The van der Waals surface area contributed by atoms with Gasteiger partial charge in [0, 0.05) is 6.42 Å². The Balaban J connectivity index is 2.89. The molecule has 0 saturated carbocycles. The van der Waals surface area contributed by atoms with Gasteiger partial charge in [-0.1, -0.05) is 6.58 Å². The second-order valence-electron chi connectivity index (χ2n) is 3.62. The zero-order valence-corrected chi connectivity index (χ0v) is 9.28. The summed E-state index contributed by atoms with van der Waals surface area (Å²) in [4.78, 5) is 22.0. The minimum absolute atomic E-state index is 0.173. The molecule has 1 unspecified atom stereocenters. The summed E-state index contributed by atoms with van der Waals surface area (Å²) in [5.41, 5.74) is 1.04. The molecule has 5 heteroatoms. The number of carboxylic acids is 1. The predicted octanol–water partition coefficient (Wildman–Crippen LogP) is 1.25. The number of carbonyl (C=O) groups is 2. The number of hydrogen-bond acceptors (Lipinski definition) is 4. The molecule has 5 nitrogen and oxygen atoms in total. The van der Waals surface area contributed by atoms with Gasteiger partial charge in [-0.15, -0.1) is 0 Å². The van der Waals surface area contributed by atoms with Crippen molar-refractivity contribution in [3.05, 3.63) is 23.5 Å². The van der Waals surface area contributed by atoms with Crippen LogP contribution >= 0.6 is 0 Å². The molecule has 0 amide bonds. The van der Waals surface area contributed by atoms with E-state index >= 15 is 0 Å². The summed E-state index contributed by atoms with van der Waals surface area (Å²) in [5, 5.41) is 8.68. The van der Waals surface area contributed by atoms with Gasteiger partial charge in [0.2, 0.25) is 0 Å². The molecule has 1 rings (SSSR count). The van der Waals surface area contributed by atoms with E-state index < -0.39 is 11.9 Å². The zero-order chi connectivity index (χ0) is 12.3. The van der Waals surface area contributed by atoms with Gasteiger partial charge in [-0.25, -0.2) is 4.79 Å². The molecule has 0 saturated heterocycles. The van der Waals surface area contributed by atoms with Crippen LogP contribution in [0.25, 0.3) is 0 Å². The fourth-order valence-electron chi connectivity index (χ4n) is 1.46. The molecule has 0 aromatic heterocycles. The second-order valence-corrected chi connectivity index (χ2v) is 3.62. The molecular weight excluding hydrogens is 212 g/mol. The third-order valence-corrected chi connectivity index (χ3v) is 2.30. The van der Waals surface area contributed by atoms with E-state index in [-0.39, 0.29) is 23.9 Å². The largest absolute Gasteiger partial charge is 0.489 e. The summed E-state index contributed by atoms with van der Waals surface area (Å²) < 4.78 is 9.94. The molecule has 0 radical (unpaired) electrons. The van der Waals surface area contributed by atoms with Gasteiger partial charge in [0.15, 0.2) is 0 Å². The number of carboxylic acid groups (broad SMARTS) is 1. The smallest absolute Gasteiger partial charge is 0.337 e. The lowest BCUT2D eigenvalue weighted by molar-refractivity contribution is -0.136. The number of methoxy groups -OCH3 is 1. The van der Waals surface area contributed by atoms with Crippen LogP contribution in [0, 0.1) is 0 Å². The van der Waals surface area contributed by atoms with Gasteiger partial charge in [-0.2, -0.15) is 0 Å². The zero-order valence-electron chi connectivity index (χ0n) is 9.28. The molecule has 88 valence electrons. The Morgan fingerprint density at radius 1 is 1.62 bits per heavy atom. The van der Waals surface area contributed by atoms with Crippen molar-refractivity contribution in [1.29, 1.82) is 0 Å². The Labute approximate surface area is 93.3 Å². The summed E-state index contributed by atoms with van der Waals surface area (Å²) in [5.74, 6) is -1.41. The van der Waals surface area contributed by atoms with Crippen molar-refractivity contribution < 1.29 is 24.2 Å². The van der Waals surface area contributed by atoms with Crippen molar-refractivity contribution in [2.75, 3.05) is 7.11 Å².